The van der Waals surface area contributed by atoms with Gasteiger partial charge in [-0.15, -0.1) is 0 Å². The van der Waals surface area contributed by atoms with E-state index >= 15 is 0 Å². The zero-order valence-corrected chi connectivity index (χ0v) is 16.5. The van der Waals surface area contributed by atoms with Crippen molar-refractivity contribution in [1.29, 1.82) is 0 Å². The lowest BCUT2D eigenvalue weighted by atomic mass is 10.0. The van der Waals surface area contributed by atoms with E-state index in [4.69, 9.17) is 5.73 Å². The molecule has 0 saturated heterocycles. The molecule has 0 radical (unpaired) electrons. The van der Waals surface area contributed by atoms with Crippen molar-refractivity contribution >= 4 is 11.8 Å². The second-order valence-corrected chi connectivity index (χ2v) is 7.64. The summed E-state index contributed by atoms with van der Waals surface area (Å²) in [5.74, 6) is -0.992. The maximum atomic E-state index is 14.7. The zero-order valence-electron chi connectivity index (χ0n) is 16.5. The second-order valence-electron chi connectivity index (χ2n) is 7.64. The fraction of sp³-hybridized carbons (Fsp3) is 0.200. The van der Waals surface area contributed by atoms with Gasteiger partial charge in [0.25, 0.3) is 5.91 Å². The molecule has 4 rings (SSSR count). The number of primary amides is 1. The van der Waals surface area contributed by atoms with Crippen LogP contribution in [-0.4, -0.2) is 16.7 Å². The molecule has 30 heavy (non-hydrogen) atoms. The van der Waals surface area contributed by atoms with Crippen LogP contribution in [0, 0.1) is 5.82 Å². The van der Waals surface area contributed by atoms with Gasteiger partial charge in [0.2, 0.25) is 5.91 Å². The van der Waals surface area contributed by atoms with Gasteiger partial charge in [-0.05, 0) is 48.1 Å². The minimum absolute atomic E-state index is 0.0530. The third-order valence-corrected chi connectivity index (χ3v) is 5.44. The SMILES string of the molecule is NC(=O)[C@@H](c1ccccc1)N(Cc1cc(C2CC2)ccc1F)C(=O)c1ccccc1. The van der Waals surface area contributed by atoms with Crippen molar-refractivity contribution in [1.82, 2.24) is 4.90 Å². The van der Waals surface area contributed by atoms with Gasteiger partial charge in [-0.2, -0.15) is 0 Å². The van der Waals surface area contributed by atoms with E-state index in [1.54, 1.807) is 60.7 Å². The molecule has 0 heterocycles. The van der Waals surface area contributed by atoms with E-state index in [1.807, 2.05) is 12.1 Å². The molecule has 1 aliphatic rings. The maximum Gasteiger partial charge on any atom is 0.255 e. The van der Waals surface area contributed by atoms with Gasteiger partial charge in [0.05, 0.1) is 6.54 Å². The maximum absolute atomic E-state index is 14.7. The number of carbonyl (C=O) groups excluding carboxylic acids is 2. The summed E-state index contributed by atoms with van der Waals surface area (Å²) in [5.41, 5.74) is 8.19. The van der Waals surface area contributed by atoms with Crippen LogP contribution in [0.2, 0.25) is 0 Å². The predicted octanol–water partition coefficient (Wildman–Crippen LogP) is 4.57. The Kier molecular flexibility index (Phi) is 5.61. The number of nitrogens with zero attached hydrogens (tertiary/aromatic N) is 1. The molecule has 3 aromatic rings. The molecule has 1 atom stereocenters. The molecule has 1 saturated carbocycles. The van der Waals surface area contributed by atoms with E-state index in [-0.39, 0.29) is 12.5 Å². The summed E-state index contributed by atoms with van der Waals surface area (Å²) in [6.07, 6.45) is 2.18. The van der Waals surface area contributed by atoms with E-state index < -0.39 is 17.8 Å². The number of hydrogen-bond acceptors (Lipinski definition) is 2. The van der Waals surface area contributed by atoms with Crippen LogP contribution in [0.25, 0.3) is 0 Å². The summed E-state index contributed by atoms with van der Waals surface area (Å²) in [7, 11) is 0. The summed E-state index contributed by atoms with van der Waals surface area (Å²) in [5, 5.41) is 0. The topological polar surface area (TPSA) is 63.4 Å². The Morgan fingerprint density at radius 1 is 0.967 bits per heavy atom. The molecule has 3 aromatic carbocycles. The average Bonchev–Trinajstić information content (AvgIpc) is 3.61. The van der Waals surface area contributed by atoms with Gasteiger partial charge < -0.3 is 10.6 Å². The summed E-state index contributed by atoms with van der Waals surface area (Å²) in [6.45, 7) is -0.0530. The van der Waals surface area contributed by atoms with Gasteiger partial charge >= 0.3 is 0 Å². The van der Waals surface area contributed by atoms with Crippen molar-refractivity contribution in [2.24, 2.45) is 5.73 Å². The fourth-order valence-corrected chi connectivity index (χ4v) is 3.73. The van der Waals surface area contributed by atoms with E-state index in [2.05, 4.69) is 0 Å². The summed E-state index contributed by atoms with van der Waals surface area (Å²) in [4.78, 5) is 27.2. The van der Waals surface area contributed by atoms with Gasteiger partial charge in [0.1, 0.15) is 11.9 Å². The van der Waals surface area contributed by atoms with E-state index in [0.29, 0.717) is 22.6 Å². The molecule has 2 amide bonds. The van der Waals surface area contributed by atoms with Crippen LogP contribution in [0.4, 0.5) is 4.39 Å². The Balaban J connectivity index is 1.76. The fourth-order valence-electron chi connectivity index (χ4n) is 3.73. The average molecular weight is 402 g/mol. The number of amides is 2. The summed E-state index contributed by atoms with van der Waals surface area (Å²) < 4.78 is 14.7. The standard InChI is InChI=1S/C25H23FN2O2/c26-22-14-13-20(17-11-12-17)15-21(22)16-28(25(30)19-9-5-2-6-10-19)23(24(27)29)18-7-3-1-4-8-18/h1-10,13-15,17,23H,11-12,16H2,(H2,27,29)/t23-/m1/s1. The molecule has 0 spiro atoms. The van der Waals surface area contributed by atoms with Crippen molar-refractivity contribution in [2.75, 3.05) is 0 Å². The minimum Gasteiger partial charge on any atom is -0.368 e. The molecule has 2 N–H and O–H groups in total. The Morgan fingerprint density at radius 3 is 2.20 bits per heavy atom. The largest absolute Gasteiger partial charge is 0.368 e. The number of hydrogen-bond donors (Lipinski definition) is 1. The number of rotatable bonds is 7. The summed E-state index contributed by atoms with van der Waals surface area (Å²) >= 11 is 0. The highest BCUT2D eigenvalue weighted by Gasteiger charge is 2.32. The first kappa shape index (κ1) is 19.8. The van der Waals surface area contributed by atoms with Crippen LogP contribution < -0.4 is 5.73 Å². The molecule has 1 fully saturated rings. The highest BCUT2D eigenvalue weighted by molar-refractivity contribution is 5.97. The lowest BCUT2D eigenvalue weighted by molar-refractivity contribution is -0.122. The molecular weight excluding hydrogens is 379 g/mol. The van der Waals surface area contributed by atoms with Gasteiger partial charge in [0.15, 0.2) is 0 Å². The molecule has 152 valence electrons. The van der Waals surface area contributed by atoms with E-state index in [1.165, 1.54) is 11.0 Å². The number of carbonyl (C=O) groups is 2. The van der Waals surface area contributed by atoms with Crippen molar-refractivity contribution in [3.63, 3.8) is 0 Å². The van der Waals surface area contributed by atoms with E-state index in [0.717, 1.165) is 18.4 Å². The van der Waals surface area contributed by atoms with Crippen molar-refractivity contribution in [2.45, 2.75) is 31.3 Å². The lowest BCUT2D eigenvalue weighted by Gasteiger charge is -2.30. The molecule has 0 unspecified atom stereocenters. The van der Waals surface area contributed by atoms with Gasteiger partial charge in [-0.3, -0.25) is 9.59 Å². The van der Waals surface area contributed by atoms with Crippen molar-refractivity contribution < 1.29 is 14.0 Å². The number of nitrogens with two attached hydrogens (primary N) is 1. The highest BCUT2D eigenvalue weighted by Crippen LogP contribution is 2.40. The Hall–Kier alpha value is -3.47. The number of benzene rings is 3. The molecule has 1 aliphatic carbocycles. The molecule has 0 bridgehead atoms. The smallest absolute Gasteiger partial charge is 0.255 e. The third kappa shape index (κ3) is 4.25. The van der Waals surface area contributed by atoms with Crippen LogP contribution in [0.1, 0.15) is 51.8 Å². The van der Waals surface area contributed by atoms with Crippen molar-refractivity contribution in [3.05, 3.63) is 107 Å². The first-order valence-corrected chi connectivity index (χ1v) is 10.0. The highest BCUT2D eigenvalue weighted by atomic mass is 19.1. The number of halogens is 1. The molecule has 4 nitrogen and oxygen atoms in total. The predicted molar refractivity (Wildman–Crippen MR) is 113 cm³/mol. The molecule has 5 heteroatoms. The zero-order chi connectivity index (χ0) is 21.1. The van der Waals surface area contributed by atoms with Crippen LogP contribution in [0.3, 0.4) is 0 Å². The van der Waals surface area contributed by atoms with Crippen LogP contribution in [0.5, 0.6) is 0 Å². The van der Waals surface area contributed by atoms with Crippen LogP contribution in [0.15, 0.2) is 78.9 Å². The summed E-state index contributed by atoms with van der Waals surface area (Å²) in [6, 6.07) is 21.6. The van der Waals surface area contributed by atoms with Gasteiger partial charge in [-0.1, -0.05) is 60.7 Å². The normalized spacial score (nSPS) is 14.2. The monoisotopic (exact) mass is 402 g/mol. The molecule has 0 aliphatic heterocycles. The quantitative estimate of drug-likeness (QED) is 0.629. The third-order valence-electron chi connectivity index (χ3n) is 5.44. The molecule has 0 aromatic heterocycles. The first-order valence-electron chi connectivity index (χ1n) is 10.0. The van der Waals surface area contributed by atoms with Gasteiger partial charge in [0, 0.05) is 11.1 Å². The van der Waals surface area contributed by atoms with Crippen LogP contribution in [-0.2, 0) is 11.3 Å². The van der Waals surface area contributed by atoms with Crippen LogP contribution >= 0.6 is 0 Å². The van der Waals surface area contributed by atoms with Crippen molar-refractivity contribution in [3.8, 4) is 0 Å². The second kappa shape index (κ2) is 8.49. The Labute approximate surface area is 175 Å². The van der Waals surface area contributed by atoms with E-state index in [9.17, 15) is 14.0 Å². The Bertz CT molecular complexity index is 1050. The Morgan fingerprint density at radius 2 is 1.60 bits per heavy atom. The lowest BCUT2D eigenvalue weighted by Crippen LogP contribution is -2.41. The van der Waals surface area contributed by atoms with Gasteiger partial charge in [-0.25, -0.2) is 4.39 Å². The minimum atomic E-state index is -1.01. The molecular formula is C25H23FN2O2. The first-order chi connectivity index (χ1) is 14.5.